The third-order valence-electron chi connectivity index (χ3n) is 4.70. The predicted molar refractivity (Wildman–Crippen MR) is 96.3 cm³/mol. The zero-order valence-electron chi connectivity index (χ0n) is 15.1. The molecule has 1 aromatic rings. The third kappa shape index (κ3) is 4.30. The second kappa shape index (κ2) is 8.21. The normalized spacial score (nSPS) is 17.1. The smallest absolute Gasteiger partial charge is 0.164 e. The Labute approximate surface area is 145 Å². The Morgan fingerprint density at radius 3 is 2.62 bits per heavy atom. The van der Waals surface area contributed by atoms with Crippen LogP contribution in [0.15, 0.2) is 24.8 Å². The SMILES string of the molecule is C=CCc1cc(CN2CCC(C)(C#N)CC2)cc(OC)c1OCC. The number of rotatable bonds is 7. The fraction of sp³-hybridized carbons (Fsp3) is 0.550. The minimum atomic E-state index is -0.166. The average molecular weight is 328 g/mol. The highest BCUT2D eigenvalue weighted by Gasteiger charge is 2.29. The van der Waals surface area contributed by atoms with Gasteiger partial charge >= 0.3 is 0 Å². The van der Waals surface area contributed by atoms with E-state index in [1.165, 1.54) is 5.56 Å². The fourth-order valence-electron chi connectivity index (χ4n) is 3.16. The van der Waals surface area contributed by atoms with E-state index < -0.39 is 0 Å². The molecule has 1 aliphatic rings. The maximum absolute atomic E-state index is 9.26. The lowest BCUT2D eigenvalue weighted by atomic mass is 9.82. The minimum absolute atomic E-state index is 0.166. The first kappa shape index (κ1) is 18.4. The molecule has 0 spiro atoms. The van der Waals surface area contributed by atoms with Crippen molar-refractivity contribution in [3.8, 4) is 17.6 Å². The van der Waals surface area contributed by atoms with Gasteiger partial charge < -0.3 is 9.47 Å². The summed E-state index contributed by atoms with van der Waals surface area (Å²) in [5, 5.41) is 9.26. The lowest BCUT2D eigenvalue weighted by molar-refractivity contribution is 0.150. The molecule has 4 heteroatoms. The Kier molecular flexibility index (Phi) is 6.28. The Morgan fingerprint density at radius 2 is 2.08 bits per heavy atom. The Bertz CT molecular complexity index is 611. The molecule has 0 amide bonds. The van der Waals surface area contributed by atoms with Crippen LogP contribution in [0.1, 0.15) is 37.8 Å². The molecule has 1 fully saturated rings. The van der Waals surface area contributed by atoms with Crippen LogP contribution in [0.4, 0.5) is 0 Å². The van der Waals surface area contributed by atoms with E-state index in [0.717, 1.165) is 56.0 Å². The highest BCUT2D eigenvalue weighted by Crippen LogP contribution is 2.35. The second-order valence-electron chi connectivity index (χ2n) is 6.66. The van der Waals surface area contributed by atoms with Crippen molar-refractivity contribution in [2.75, 3.05) is 26.8 Å². The largest absolute Gasteiger partial charge is 0.493 e. The first-order valence-electron chi connectivity index (χ1n) is 8.62. The maximum Gasteiger partial charge on any atom is 0.164 e. The zero-order chi connectivity index (χ0) is 17.6. The Morgan fingerprint density at radius 1 is 1.38 bits per heavy atom. The molecule has 0 unspecified atom stereocenters. The first-order chi connectivity index (χ1) is 11.5. The first-order valence-corrected chi connectivity index (χ1v) is 8.62. The van der Waals surface area contributed by atoms with Crippen LogP contribution < -0.4 is 9.47 Å². The standard InChI is InChI=1S/C20H28N2O2/c1-5-7-17-12-16(13-18(23-4)19(17)24-6-2)14-22-10-8-20(3,15-21)9-11-22/h5,12-13H,1,6-11,14H2,2-4H3. The molecular weight excluding hydrogens is 300 g/mol. The second-order valence-corrected chi connectivity index (χ2v) is 6.66. The molecule has 4 nitrogen and oxygen atoms in total. The number of piperidine rings is 1. The molecule has 1 aliphatic heterocycles. The van der Waals surface area contributed by atoms with Crippen LogP contribution in [-0.4, -0.2) is 31.7 Å². The van der Waals surface area contributed by atoms with Crippen LogP contribution in [0.3, 0.4) is 0 Å². The van der Waals surface area contributed by atoms with Gasteiger partial charge in [-0.25, -0.2) is 0 Å². The van der Waals surface area contributed by atoms with Gasteiger partial charge in [0.2, 0.25) is 0 Å². The van der Waals surface area contributed by atoms with Crippen molar-refractivity contribution in [1.29, 1.82) is 5.26 Å². The van der Waals surface area contributed by atoms with Crippen molar-refractivity contribution < 1.29 is 9.47 Å². The number of allylic oxidation sites excluding steroid dienone is 1. The molecule has 0 N–H and O–H groups in total. The number of hydrogen-bond acceptors (Lipinski definition) is 4. The van der Waals surface area contributed by atoms with Gasteiger partial charge in [0.25, 0.3) is 0 Å². The van der Waals surface area contributed by atoms with E-state index >= 15 is 0 Å². The van der Waals surface area contributed by atoms with Crippen molar-refractivity contribution >= 4 is 0 Å². The number of nitriles is 1. The summed E-state index contributed by atoms with van der Waals surface area (Å²) in [6.45, 7) is 11.3. The molecule has 0 saturated carbocycles. The van der Waals surface area contributed by atoms with Crippen molar-refractivity contribution in [2.45, 2.75) is 39.7 Å². The fourth-order valence-corrected chi connectivity index (χ4v) is 3.16. The number of hydrogen-bond donors (Lipinski definition) is 0. The minimum Gasteiger partial charge on any atom is -0.493 e. The summed E-state index contributed by atoms with van der Waals surface area (Å²) >= 11 is 0. The van der Waals surface area contributed by atoms with Crippen LogP contribution in [0.5, 0.6) is 11.5 Å². The number of methoxy groups -OCH3 is 1. The summed E-state index contributed by atoms with van der Waals surface area (Å²) in [6.07, 6.45) is 4.50. The van der Waals surface area contributed by atoms with E-state index in [2.05, 4.69) is 36.6 Å². The molecular formula is C20H28N2O2. The molecule has 0 aromatic heterocycles. The van der Waals surface area contributed by atoms with Gasteiger partial charge in [0.1, 0.15) is 0 Å². The van der Waals surface area contributed by atoms with E-state index in [0.29, 0.717) is 6.61 Å². The van der Waals surface area contributed by atoms with Gasteiger partial charge in [0, 0.05) is 12.1 Å². The van der Waals surface area contributed by atoms with Crippen molar-refractivity contribution in [3.05, 3.63) is 35.9 Å². The number of nitrogens with zero attached hydrogens (tertiary/aromatic N) is 2. The van der Waals surface area contributed by atoms with Crippen LogP contribution in [0, 0.1) is 16.7 Å². The van der Waals surface area contributed by atoms with Crippen LogP contribution in [0.25, 0.3) is 0 Å². The van der Waals surface area contributed by atoms with Gasteiger partial charge in [0.15, 0.2) is 11.5 Å². The van der Waals surface area contributed by atoms with Crippen LogP contribution in [-0.2, 0) is 13.0 Å². The van der Waals surface area contributed by atoms with Gasteiger partial charge in [-0.3, -0.25) is 4.90 Å². The molecule has 0 radical (unpaired) electrons. The monoisotopic (exact) mass is 328 g/mol. The summed E-state index contributed by atoms with van der Waals surface area (Å²) in [4.78, 5) is 2.41. The number of likely N-dealkylation sites (tertiary alicyclic amines) is 1. The third-order valence-corrected chi connectivity index (χ3v) is 4.70. The topological polar surface area (TPSA) is 45.5 Å². The number of benzene rings is 1. The summed E-state index contributed by atoms with van der Waals surface area (Å²) in [5.41, 5.74) is 2.16. The van der Waals surface area contributed by atoms with Gasteiger partial charge in [-0.1, -0.05) is 12.1 Å². The zero-order valence-corrected chi connectivity index (χ0v) is 15.1. The van der Waals surface area contributed by atoms with E-state index in [1.54, 1.807) is 7.11 Å². The van der Waals surface area contributed by atoms with Crippen LogP contribution in [0.2, 0.25) is 0 Å². The van der Waals surface area contributed by atoms with E-state index in [9.17, 15) is 5.26 Å². The lowest BCUT2D eigenvalue weighted by Crippen LogP contribution is -2.37. The summed E-state index contributed by atoms with van der Waals surface area (Å²) < 4.78 is 11.3. The molecule has 0 aliphatic carbocycles. The highest BCUT2D eigenvalue weighted by molar-refractivity contribution is 5.50. The summed E-state index contributed by atoms with van der Waals surface area (Å²) in [7, 11) is 1.68. The molecule has 1 heterocycles. The Balaban J connectivity index is 2.17. The van der Waals surface area contributed by atoms with Crippen molar-refractivity contribution in [1.82, 2.24) is 4.90 Å². The van der Waals surface area contributed by atoms with E-state index in [4.69, 9.17) is 9.47 Å². The maximum atomic E-state index is 9.26. The van der Waals surface area contributed by atoms with Crippen molar-refractivity contribution in [2.24, 2.45) is 5.41 Å². The Hall–Kier alpha value is -1.99. The lowest BCUT2D eigenvalue weighted by Gasteiger charge is -2.35. The van der Waals surface area contributed by atoms with Gasteiger partial charge in [-0.05, 0) is 57.8 Å². The van der Waals surface area contributed by atoms with Gasteiger partial charge in [-0.2, -0.15) is 5.26 Å². The summed E-state index contributed by atoms with van der Waals surface area (Å²) in [6, 6.07) is 6.71. The number of ether oxygens (including phenoxy) is 2. The molecule has 0 bridgehead atoms. The molecule has 1 aromatic carbocycles. The van der Waals surface area contributed by atoms with E-state index in [1.807, 2.05) is 13.0 Å². The molecule has 0 atom stereocenters. The van der Waals surface area contributed by atoms with E-state index in [-0.39, 0.29) is 5.41 Å². The van der Waals surface area contributed by atoms with Gasteiger partial charge in [0.05, 0.1) is 25.2 Å². The quantitative estimate of drug-likeness (QED) is 0.711. The molecule has 1 saturated heterocycles. The molecule has 2 rings (SSSR count). The van der Waals surface area contributed by atoms with Crippen molar-refractivity contribution in [3.63, 3.8) is 0 Å². The predicted octanol–water partition coefficient (Wildman–Crippen LogP) is 3.95. The van der Waals surface area contributed by atoms with Gasteiger partial charge in [-0.15, -0.1) is 6.58 Å². The molecule has 24 heavy (non-hydrogen) atoms. The molecule has 130 valence electrons. The van der Waals surface area contributed by atoms with Crippen LogP contribution >= 0.6 is 0 Å². The summed E-state index contributed by atoms with van der Waals surface area (Å²) in [5.74, 6) is 1.60. The average Bonchev–Trinajstić information content (AvgIpc) is 2.59. The highest BCUT2D eigenvalue weighted by atomic mass is 16.5.